The van der Waals surface area contributed by atoms with E-state index in [1.807, 2.05) is 0 Å². The van der Waals surface area contributed by atoms with Gasteiger partial charge >= 0.3 is 72.2 Å². The summed E-state index contributed by atoms with van der Waals surface area (Å²) >= 11 is -1.81. The molecule has 1 fully saturated rings. The van der Waals surface area contributed by atoms with Gasteiger partial charge in [-0.2, -0.15) is 0 Å². The van der Waals surface area contributed by atoms with Gasteiger partial charge in [0, 0.05) is 0 Å². The first-order chi connectivity index (χ1) is 4.96. The molecule has 1 saturated carbocycles. The van der Waals surface area contributed by atoms with Crippen LogP contribution in [0.4, 0.5) is 0 Å². The predicted octanol–water partition coefficient (Wildman–Crippen LogP) is 2.56. The van der Waals surface area contributed by atoms with Gasteiger partial charge in [0.1, 0.15) is 0 Å². The van der Waals surface area contributed by atoms with Crippen molar-refractivity contribution in [3.63, 3.8) is 0 Å². The molecule has 1 rings (SSSR count). The van der Waals surface area contributed by atoms with Crippen LogP contribution in [0.15, 0.2) is 0 Å². The summed E-state index contributed by atoms with van der Waals surface area (Å²) in [5, 5.41) is 10.3. The molecular weight excluding hydrogens is 197 g/mol. The van der Waals surface area contributed by atoms with Crippen LogP contribution in [-0.4, -0.2) is 22.8 Å². The molecule has 66 valence electrons. The maximum atomic E-state index is 10.3. The first-order valence-corrected chi connectivity index (χ1v) is 12.0. The Morgan fingerprint density at radius 1 is 1.00 bits per heavy atom. The minimum absolute atomic E-state index is 0.196. The summed E-state index contributed by atoms with van der Waals surface area (Å²) in [6.45, 7) is 0. The molecule has 0 radical (unpaired) electrons. The Bertz CT molecular complexity index is 131. The molecule has 0 unspecified atom stereocenters. The third-order valence-electron chi connectivity index (χ3n) is 3.08. The molecule has 0 aromatic carbocycles. The summed E-state index contributed by atoms with van der Waals surface area (Å²) in [6.07, 6.45) is 5.99. The van der Waals surface area contributed by atoms with Crippen LogP contribution in [0, 0.1) is 0 Å². The fourth-order valence-corrected chi connectivity index (χ4v) is 5.78. The van der Waals surface area contributed by atoms with Crippen LogP contribution in [0.5, 0.6) is 0 Å². The third kappa shape index (κ3) is 2.00. The van der Waals surface area contributed by atoms with Crippen LogP contribution in [0.3, 0.4) is 0 Å². The Balaban J connectivity index is 2.64. The van der Waals surface area contributed by atoms with Crippen molar-refractivity contribution in [3.8, 4) is 0 Å². The molecule has 1 aliphatic rings. The van der Waals surface area contributed by atoms with Crippen LogP contribution in [0.1, 0.15) is 32.1 Å². The van der Waals surface area contributed by atoms with Crippen molar-refractivity contribution in [3.05, 3.63) is 0 Å². The second kappa shape index (κ2) is 3.10. The predicted molar refractivity (Wildman–Crippen MR) is 51.4 cm³/mol. The molecule has 11 heavy (non-hydrogen) atoms. The van der Waals surface area contributed by atoms with E-state index in [0.717, 1.165) is 12.8 Å². The van der Waals surface area contributed by atoms with Gasteiger partial charge in [-0.05, 0) is 0 Å². The molecule has 0 saturated heterocycles. The van der Waals surface area contributed by atoms with Crippen LogP contribution >= 0.6 is 0 Å². The summed E-state index contributed by atoms with van der Waals surface area (Å²) in [4.78, 5) is 0. The summed E-state index contributed by atoms with van der Waals surface area (Å²) < 4.78 is -0.196. The Hall–Kier alpha value is 0.503. The van der Waals surface area contributed by atoms with E-state index in [-0.39, 0.29) is 4.43 Å². The molecule has 1 N–H and O–H groups in total. The molecule has 0 spiro atoms. The van der Waals surface area contributed by atoms with E-state index >= 15 is 0 Å². The SMILES string of the molecule is [CH3][Ge]([CH3])([CH3])[C]1(O)CCCCC1. The number of rotatable bonds is 1. The van der Waals surface area contributed by atoms with Crippen LogP contribution in [-0.2, 0) is 0 Å². The zero-order valence-corrected chi connectivity index (χ0v) is 10.1. The molecule has 0 bridgehead atoms. The second-order valence-corrected chi connectivity index (χ2v) is 16.2. The average Bonchev–Trinajstić information content (AvgIpc) is 1.87. The molecular formula is C9H20GeO. The molecule has 0 aromatic heterocycles. The van der Waals surface area contributed by atoms with Gasteiger partial charge in [0.15, 0.2) is 0 Å². The standard InChI is InChI=1S/C9H20GeO/c1-10(2,3)9(11)7-5-4-6-8-9/h11H,4-8H2,1-3H3. The Labute approximate surface area is 72.5 Å². The van der Waals surface area contributed by atoms with E-state index < -0.39 is 13.3 Å². The second-order valence-electron chi connectivity index (χ2n) is 4.84. The summed E-state index contributed by atoms with van der Waals surface area (Å²) in [5.41, 5.74) is 0. The van der Waals surface area contributed by atoms with Crippen molar-refractivity contribution in [2.45, 2.75) is 53.8 Å². The molecule has 0 heterocycles. The molecule has 1 nitrogen and oxygen atoms in total. The van der Waals surface area contributed by atoms with Crippen LogP contribution in [0.2, 0.25) is 17.3 Å². The molecule has 2 heteroatoms. The molecule has 0 atom stereocenters. The first-order valence-electron chi connectivity index (χ1n) is 4.68. The third-order valence-corrected chi connectivity index (χ3v) is 9.98. The van der Waals surface area contributed by atoms with Crippen molar-refractivity contribution in [1.29, 1.82) is 0 Å². The van der Waals surface area contributed by atoms with E-state index in [1.54, 1.807) is 0 Å². The van der Waals surface area contributed by atoms with Gasteiger partial charge in [-0.25, -0.2) is 0 Å². The minimum atomic E-state index is -1.81. The molecule has 0 aliphatic heterocycles. The van der Waals surface area contributed by atoms with Crippen molar-refractivity contribution in [2.75, 3.05) is 0 Å². The van der Waals surface area contributed by atoms with Crippen molar-refractivity contribution in [2.24, 2.45) is 0 Å². The van der Waals surface area contributed by atoms with Gasteiger partial charge in [-0.3, -0.25) is 0 Å². The summed E-state index contributed by atoms with van der Waals surface area (Å²) in [7, 11) is 0. The first kappa shape index (κ1) is 9.59. The zero-order valence-electron chi connectivity index (χ0n) is 7.98. The van der Waals surface area contributed by atoms with E-state index in [1.165, 1.54) is 19.3 Å². The average molecular weight is 217 g/mol. The summed E-state index contributed by atoms with van der Waals surface area (Å²) in [5.74, 6) is 6.97. The quantitative estimate of drug-likeness (QED) is 0.669. The van der Waals surface area contributed by atoms with Crippen molar-refractivity contribution in [1.82, 2.24) is 0 Å². The van der Waals surface area contributed by atoms with E-state index in [9.17, 15) is 5.11 Å². The van der Waals surface area contributed by atoms with Gasteiger partial charge in [-0.15, -0.1) is 0 Å². The molecule has 0 amide bonds. The molecule has 0 aromatic rings. The van der Waals surface area contributed by atoms with Gasteiger partial charge in [0.05, 0.1) is 0 Å². The van der Waals surface area contributed by atoms with E-state index in [4.69, 9.17) is 0 Å². The number of hydrogen-bond acceptors (Lipinski definition) is 1. The van der Waals surface area contributed by atoms with E-state index in [0.29, 0.717) is 0 Å². The van der Waals surface area contributed by atoms with Crippen LogP contribution < -0.4 is 0 Å². The number of aliphatic hydroxyl groups is 1. The van der Waals surface area contributed by atoms with E-state index in [2.05, 4.69) is 17.3 Å². The van der Waals surface area contributed by atoms with Crippen molar-refractivity contribution >= 4 is 13.3 Å². The fraction of sp³-hybridized carbons (Fsp3) is 1.00. The Kier molecular flexibility index (Phi) is 2.70. The zero-order chi connectivity index (χ0) is 8.54. The monoisotopic (exact) mass is 218 g/mol. The fourth-order valence-electron chi connectivity index (χ4n) is 1.89. The molecule has 1 aliphatic carbocycles. The van der Waals surface area contributed by atoms with Gasteiger partial charge < -0.3 is 0 Å². The maximum absolute atomic E-state index is 10.3. The van der Waals surface area contributed by atoms with Crippen LogP contribution in [0.25, 0.3) is 0 Å². The summed E-state index contributed by atoms with van der Waals surface area (Å²) in [6, 6.07) is 0. The number of hydrogen-bond donors (Lipinski definition) is 1. The normalized spacial score (nSPS) is 25.1. The Morgan fingerprint density at radius 2 is 1.45 bits per heavy atom. The van der Waals surface area contributed by atoms with Gasteiger partial charge in [0.2, 0.25) is 0 Å². The Morgan fingerprint density at radius 3 is 1.73 bits per heavy atom. The van der Waals surface area contributed by atoms with Gasteiger partial charge in [-0.1, -0.05) is 0 Å². The van der Waals surface area contributed by atoms with Gasteiger partial charge in [0.25, 0.3) is 0 Å². The topological polar surface area (TPSA) is 20.2 Å². The van der Waals surface area contributed by atoms with Crippen molar-refractivity contribution < 1.29 is 5.11 Å².